The largest absolute Gasteiger partial charge is 0.497 e. The first kappa shape index (κ1) is 28.1. The minimum Gasteiger partial charge on any atom is -0.497 e. The maximum Gasteiger partial charge on any atom is 0.294 e. The first-order valence-electron chi connectivity index (χ1n) is 12.9. The van der Waals surface area contributed by atoms with E-state index >= 15 is 0 Å². The highest BCUT2D eigenvalue weighted by Gasteiger charge is 2.18. The van der Waals surface area contributed by atoms with Crippen LogP contribution in [0.5, 0.6) is 17.2 Å². The van der Waals surface area contributed by atoms with Gasteiger partial charge in [-0.3, -0.25) is 4.55 Å². The second kappa shape index (κ2) is 11.6. The summed E-state index contributed by atoms with van der Waals surface area (Å²) in [5.74, 6) is 3.31. The van der Waals surface area contributed by atoms with Crippen molar-refractivity contribution in [1.82, 2.24) is 19.6 Å². The molecule has 214 valence electrons. The molecule has 41 heavy (non-hydrogen) atoms. The minimum absolute atomic E-state index is 0.127. The predicted molar refractivity (Wildman–Crippen MR) is 155 cm³/mol. The molecule has 1 unspecified atom stereocenters. The molecular formula is C29H31N5O6S. The molecular weight excluding hydrogens is 546 g/mol. The van der Waals surface area contributed by atoms with Crippen LogP contribution in [0.1, 0.15) is 23.9 Å². The van der Waals surface area contributed by atoms with Crippen LogP contribution in [-0.4, -0.2) is 53.9 Å². The van der Waals surface area contributed by atoms with Crippen LogP contribution in [0.4, 0.5) is 5.95 Å². The number of hydrogen-bond donors (Lipinski definition) is 2. The first-order valence-corrected chi connectivity index (χ1v) is 14.4. The average Bonchev–Trinajstić information content (AvgIpc) is 3.39. The molecule has 3 aromatic carbocycles. The molecule has 0 saturated heterocycles. The normalized spacial score (nSPS) is 12.4. The quantitative estimate of drug-likeness (QED) is 0.215. The zero-order valence-electron chi connectivity index (χ0n) is 23.2. The lowest BCUT2D eigenvalue weighted by Crippen LogP contribution is -2.10. The molecule has 12 heteroatoms. The van der Waals surface area contributed by atoms with Gasteiger partial charge in [-0.1, -0.05) is 25.1 Å². The molecule has 0 amide bonds. The molecule has 0 aliphatic carbocycles. The number of hydrogen-bond acceptors (Lipinski definition) is 9. The molecule has 0 aliphatic heterocycles. The lowest BCUT2D eigenvalue weighted by molar-refractivity contribution is 0.391. The Morgan fingerprint density at radius 1 is 0.927 bits per heavy atom. The highest BCUT2D eigenvalue weighted by atomic mass is 32.2. The van der Waals surface area contributed by atoms with Crippen molar-refractivity contribution in [2.24, 2.45) is 5.92 Å². The van der Waals surface area contributed by atoms with Gasteiger partial charge in [-0.15, -0.1) is 5.10 Å². The second-order valence-electron chi connectivity index (χ2n) is 9.72. The number of nitrogens with zero attached hydrogens (tertiary/aromatic N) is 4. The van der Waals surface area contributed by atoms with E-state index in [-0.39, 0.29) is 10.8 Å². The van der Waals surface area contributed by atoms with Crippen LogP contribution in [0.15, 0.2) is 65.6 Å². The van der Waals surface area contributed by atoms with Crippen molar-refractivity contribution in [3.8, 4) is 17.2 Å². The van der Waals surface area contributed by atoms with Gasteiger partial charge in [-0.25, -0.2) is 9.97 Å². The van der Waals surface area contributed by atoms with Crippen LogP contribution in [0.3, 0.4) is 0 Å². The van der Waals surface area contributed by atoms with Crippen molar-refractivity contribution in [2.45, 2.75) is 31.2 Å². The number of ether oxygens (including phenoxy) is 3. The number of benzene rings is 3. The van der Waals surface area contributed by atoms with E-state index in [0.29, 0.717) is 59.6 Å². The Labute approximate surface area is 237 Å². The monoisotopic (exact) mass is 577 g/mol. The van der Waals surface area contributed by atoms with E-state index in [4.69, 9.17) is 29.3 Å². The summed E-state index contributed by atoms with van der Waals surface area (Å²) in [4.78, 5) is 9.61. The van der Waals surface area contributed by atoms with Crippen molar-refractivity contribution >= 4 is 32.6 Å². The fourth-order valence-corrected chi connectivity index (χ4v) is 5.25. The Hall–Kier alpha value is -4.42. The fourth-order valence-electron chi connectivity index (χ4n) is 4.77. The van der Waals surface area contributed by atoms with Gasteiger partial charge in [0.2, 0.25) is 5.95 Å². The lowest BCUT2D eigenvalue weighted by atomic mass is 9.98. The van der Waals surface area contributed by atoms with E-state index in [9.17, 15) is 13.0 Å². The van der Waals surface area contributed by atoms with Gasteiger partial charge in [-0.05, 0) is 54.3 Å². The number of methoxy groups -OCH3 is 3. The first-order chi connectivity index (χ1) is 19.7. The number of anilines is 1. The van der Waals surface area contributed by atoms with Gasteiger partial charge in [-0.2, -0.15) is 12.9 Å². The van der Waals surface area contributed by atoms with Gasteiger partial charge in [0.15, 0.2) is 11.5 Å². The van der Waals surface area contributed by atoms with Crippen molar-refractivity contribution in [3.05, 3.63) is 77.6 Å². The summed E-state index contributed by atoms with van der Waals surface area (Å²) in [6.07, 6.45) is 1.26. The summed E-state index contributed by atoms with van der Waals surface area (Å²) < 4.78 is 50.1. The summed E-state index contributed by atoms with van der Waals surface area (Å²) in [5.41, 5.74) is 3.18. The Morgan fingerprint density at radius 2 is 1.68 bits per heavy atom. The van der Waals surface area contributed by atoms with Crippen molar-refractivity contribution < 1.29 is 27.2 Å². The van der Waals surface area contributed by atoms with Crippen molar-refractivity contribution in [3.63, 3.8) is 0 Å². The molecule has 1 atom stereocenters. The predicted octanol–water partition coefficient (Wildman–Crippen LogP) is 4.58. The summed E-state index contributed by atoms with van der Waals surface area (Å²) >= 11 is 0. The van der Waals surface area contributed by atoms with Gasteiger partial charge in [0.1, 0.15) is 22.8 Å². The SMILES string of the molecule is COc1ccc(CNc2nc3c(OC)cccc3c3nc(CC(C)Cc4ccc(S(=O)(=O)O)cc4)nn23)c(OC)c1. The van der Waals surface area contributed by atoms with Gasteiger partial charge in [0.25, 0.3) is 10.1 Å². The standard InChI is InChI=1S/C29H31N5O6S/c1-18(14-19-8-12-22(13-9-19)41(35,36)37)15-26-31-28-23-6-5-7-24(39-3)27(23)32-29(34(28)33-26)30-17-20-10-11-21(38-2)16-25(20)40-4/h5-13,16,18H,14-15,17H2,1-4H3,(H,30,32)(H,35,36,37). The molecule has 0 saturated carbocycles. The third-order valence-corrected chi connectivity index (χ3v) is 7.66. The number of nitrogens with one attached hydrogen (secondary N) is 1. The molecule has 2 heterocycles. The van der Waals surface area contributed by atoms with Gasteiger partial charge < -0.3 is 19.5 Å². The van der Waals surface area contributed by atoms with Crippen LogP contribution < -0.4 is 19.5 Å². The van der Waals surface area contributed by atoms with E-state index in [1.807, 2.05) is 36.4 Å². The Bertz CT molecular complexity index is 1800. The fraction of sp³-hybridized carbons (Fsp3) is 0.276. The average molecular weight is 578 g/mol. The minimum atomic E-state index is -4.22. The number of rotatable bonds is 11. The van der Waals surface area contributed by atoms with Crippen LogP contribution in [0.25, 0.3) is 16.6 Å². The van der Waals surface area contributed by atoms with Gasteiger partial charge in [0, 0.05) is 30.0 Å². The zero-order valence-corrected chi connectivity index (χ0v) is 24.0. The number of fused-ring (bicyclic) bond motifs is 3. The molecule has 2 N–H and O–H groups in total. The van der Waals surface area contributed by atoms with Crippen molar-refractivity contribution in [2.75, 3.05) is 26.6 Å². The molecule has 0 spiro atoms. The molecule has 0 aliphatic rings. The maximum atomic E-state index is 11.3. The van der Waals surface area contributed by atoms with Crippen LogP contribution in [0.2, 0.25) is 0 Å². The Morgan fingerprint density at radius 3 is 2.37 bits per heavy atom. The van der Waals surface area contributed by atoms with E-state index in [2.05, 4.69) is 12.2 Å². The van der Waals surface area contributed by atoms with Crippen molar-refractivity contribution in [1.29, 1.82) is 0 Å². The Kier molecular flexibility index (Phi) is 7.95. The summed E-state index contributed by atoms with van der Waals surface area (Å²) in [6.45, 7) is 2.50. The maximum absolute atomic E-state index is 11.3. The van der Waals surface area contributed by atoms with Gasteiger partial charge in [0.05, 0.1) is 26.2 Å². The third kappa shape index (κ3) is 6.03. The van der Waals surface area contributed by atoms with Crippen LogP contribution in [0, 0.1) is 5.92 Å². The van der Waals surface area contributed by atoms with E-state index < -0.39 is 10.1 Å². The zero-order chi connectivity index (χ0) is 29.1. The van der Waals surface area contributed by atoms with E-state index in [0.717, 1.165) is 16.5 Å². The summed E-state index contributed by atoms with van der Waals surface area (Å²) in [7, 11) is 0.606. The molecule has 2 aromatic heterocycles. The van der Waals surface area contributed by atoms with Crippen LogP contribution >= 0.6 is 0 Å². The molecule has 11 nitrogen and oxygen atoms in total. The van der Waals surface area contributed by atoms with Crippen LogP contribution in [-0.2, 0) is 29.5 Å². The third-order valence-electron chi connectivity index (χ3n) is 6.80. The second-order valence-corrected chi connectivity index (χ2v) is 11.1. The van der Waals surface area contributed by atoms with E-state index in [1.54, 1.807) is 38.0 Å². The number of aromatic nitrogens is 4. The topological polar surface area (TPSA) is 137 Å². The highest BCUT2D eigenvalue weighted by molar-refractivity contribution is 7.85. The smallest absolute Gasteiger partial charge is 0.294 e. The summed E-state index contributed by atoms with van der Waals surface area (Å²) in [6, 6.07) is 17.5. The molecule has 0 fully saturated rings. The molecule has 0 bridgehead atoms. The lowest BCUT2D eigenvalue weighted by Gasteiger charge is -2.13. The highest BCUT2D eigenvalue weighted by Crippen LogP contribution is 2.30. The van der Waals surface area contributed by atoms with Gasteiger partial charge >= 0.3 is 0 Å². The molecule has 5 aromatic rings. The number of para-hydroxylation sites is 1. The summed E-state index contributed by atoms with van der Waals surface area (Å²) in [5, 5.41) is 9.00. The van der Waals surface area contributed by atoms with E-state index in [1.165, 1.54) is 12.1 Å². The Balaban J connectivity index is 1.45. The molecule has 5 rings (SSSR count). The molecule has 0 radical (unpaired) electrons.